The molecule has 0 unspecified atom stereocenters. The number of benzene rings is 1. The van der Waals surface area contributed by atoms with Crippen LogP contribution in [0.5, 0.6) is 0 Å². The van der Waals surface area contributed by atoms with Crippen LogP contribution in [-0.2, 0) is 6.42 Å². The Bertz CT molecular complexity index is 548. The maximum atomic E-state index is 11.8. The molecule has 106 valence electrons. The topological polar surface area (TPSA) is 70.7 Å². The van der Waals surface area contributed by atoms with Crippen LogP contribution >= 0.6 is 0 Å². The minimum absolute atomic E-state index is 0.216. The summed E-state index contributed by atoms with van der Waals surface area (Å²) in [5.74, 6) is 0.969. The van der Waals surface area contributed by atoms with E-state index in [9.17, 15) is 4.79 Å². The van der Waals surface area contributed by atoms with Crippen molar-refractivity contribution in [3.63, 3.8) is 0 Å². The second-order valence-electron chi connectivity index (χ2n) is 5.04. The van der Waals surface area contributed by atoms with Gasteiger partial charge >= 0.3 is 0 Å². The van der Waals surface area contributed by atoms with Gasteiger partial charge in [0, 0.05) is 12.5 Å². The summed E-state index contributed by atoms with van der Waals surface area (Å²) >= 11 is 0. The van der Waals surface area contributed by atoms with Crippen LogP contribution in [0.4, 0.5) is 0 Å². The van der Waals surface area contributed by atoms with Crippen molar-refractivity contribution in [2.75, 3.05) is 6.54 Å². The molecule has 0 spiro atoms. The molecule has 1 aromatic heterocycles. The minimum atomic E-state index is -0.221. The number of aromatic nitrogens is 3. The number of nitrogens with one attached hydrogen (secondary N) is 2. The highest BCUT2D eigenvalue weighted by molar-refractivity contribution is 5.90. The Morgan fingerprint density at radius 2 is 2.05 bits per heavy atom. The number of carbonyl (C=O) groups is 1. The minimum Gasteiger partial charge on any atom is -0.349 e. The van der Waals surface area contributed by atoms with Gasteiger partial charge in [0.25, 0.3) is 5.91 Å². The monoisotopic (exact) mass is 272 g/mol. The highest BCUT2D eigenvalue weighted by Crippen LogP contribution is 2.07. The Hall–Kier alpha value is -2.17. The van der Waals surface area contributed by atoms with Crippen molar-refractivity contribution in [3.05, 3.63) is 47.5 Å². The smallest absolute Gasteiger partial charge is 0.290 e. The molecule has 1 amide bonds. The Morgan fingerprint density at radius 1 is 1.30 bits per heavy atom. The normalized spacial score (nSPS) is 10.8. The maximum absolute atomic E-state index is 11.8. The van der Waals surface area contributed by atoms with Crippen LogP contribution in [0.1, 0.15) is 48.2 Å². The molecule has 2 rings (SSSR count). The van der Waals surface area contributed by atoms with E-state index in [1.807, 2.05) is 32.0 Å². The number of hydrogen-bond acceptors (Lipinski definition) is 3. The number of H-pyrrole nitrogens is 1. The fourth-order valence-electron chi connectivity index (χ4n) is 1.85. The van der Waals surface area contributed by atoms with Gasteiger partial charge in [-0.05, 0) is 18.4 Å². The van der Waals surface area contributed by atoms with Crippen molar-refractivity contribution in [1.82, 2.24) is 20.5 Å². The van der Waals surface area contributed by atoms with E-state index in [-0.39, 0.29) is 17.6 Å². The number of carbonyl (C=O) groups excluding carboxylic acids is 1. The standard InChI is InChI=1S/C15H20N4O/c1-11(2)13-17-14(19-18-13)15(20)16-10-6-9-12-7-4-3-5-8-12/h3-5,7-8,11H,6,9-10H2,1-2H3,(H,16,20)(H,17,18,19). The number of nitrogens with zero attached hydrogens (tertiary/aromatic N) is 2. The van der Waals surface area contributed by atoms with Crippen molar-refractivity contribution < 1.29 is 4.79 Å². The van der Waals surface area contributed by atoms with E-state index in [0.29, 0.717) is 6.54 Å². The summed E-state index contributed by atoms with van der Waals surface area (Å²) in [7, 11) is 0. The molecular formula is C15H20N4O. The van der Waals surface area contributed by atoms with E-state index in [4.69, 9.17) is 0 Å². The van der Waals surface area contributed by atoms with Crippen LogP contribution in [0.3, 0.4) is 0 Å². The molecule has 2 aromatic rings. The SMILES string of the molecule is CC(C)c1nc(C(=O)NCCCc2ccccc2)n[nH]1. The van der Waals surface area contributed by atoms with Crippen molar-refractivity contribution >= 4 is 5.91 Å². The summed E-state index contributed by atoms with van der Waals surface area (Å²) in [6.07, 6.45) is 1.85. The van der Waals surface area contributed by atoms with Crippen molar-refractivity contribution in [2.45, 2.75) is 32.6 Å². The third-order valence-corrected chi connectivity index (χ3v) is 3.02. The lowest BCUT2D eigenvalue weighted by Gasteiger charge is -2.03. The van der Waals surface area contributed by atoms with Crippen LogP contribution in [0, 0.1) is 0 Å². The van der Waals surface area contributed by atoms with Crippen LogP contribution in [0.25, 0.3) is 0 Å². The fraction of sp³-hybridized carbons (Fsp3) is 0.400. The van der Waals surface area contributed by atoms with Gasteiger partial charge in [0.2, 0.25) is 5.82 Å². The number of rotatable bonds is 6. The van der Waals surface area contributed by atoms with Crippen LogP contribution < -0.4 is 5.32 Å². The molecule has 2 N–H and O–H groups in total. The molecule has 0 saturated heterocycles. The number of hydrogen-bond donors (Lipinski definition) is 2. The Balaban J connectivity index is 1.75. The second kappa shape index (κ2) is 6.84. The van der Waals surface area contributed by atoms with Crippen molar-refractivity contribution in [1.29, 1.82) is 0 Å². The summed E-state index contributed by atoms with van der Waals surface area (Å²) < 4.78 is 0. The Kier molecular flexibility index (Phi) is 4.87. The van der Waals surface area contributed by atoms with Gasteiger partial charge in [0.1, 0.15) is 5.82 Å². The lowest BCUT2D eigenvalue weighted by molar-refractivity contribution is 0.0943. The average molecular weight is 272 g/mol. The molecule has 0 radical (unpaired) electrons. The molecular weight excluding hydrogens is 252 g/mol. The molecule has 0 atom stereocenters. The van der Waals surface area contributed by atoms with Gasteiger partial charge in [-0.15, -0.1) is 5.10 Å². The van der Waals surface area contributed by atoms with Gasteiger partial charge in [-0.1, -0.05) is 44.2 Å². The third-order valence-electron chi connectivity index (χ3n) is 3.02. The van der Waals surface area contributed by atoms with Crippen LogP contribution in [-0.4, -0.2) is 27.6 Å². The first-order valence-corrected chi connectivity index (χ1v) is 6.91. The van der Waals surface area contributed by atoms with Crippen LogP contribution in [0.15, 0.2) is 30.3 Å². The van der Waals surface area contributed by atoms with E-state index in [1.165, 1.54) is 5.56 Å². The predicted octanol–water partition coefficient (Wildman–Crippen LogP) is 2.29. The highest BCUT2D eigenvalue weighted by atomic mass is 16.2. The fourth-order valence-corrected chi connectivity index (χ4v) is 1.85. The van der Waals surface area contributed by atoms with Crippen molar-refractivity contribution in [2.24, 2.45) is 0 Å². The summed E-state index contributed by atoms with van der Waals surface area (Å²) in [5, 5.41) is 9.54. The molecule has 0 aliphatic rings. The molecule has 5 nitrogen and oxygen atoms in total. The summed E-state index contributed by atoms with van der Waals surface area (Å²) in [5.41, 5.74) is 1.28. The summed E-state index contributed by atoms with van der Waals surface area (Å²) in [6.45, 7) is 4.63. The molecule has 0 fully saturated rings. The number of amides is 1. The Labute approximate surface area is 118 Å². The zero-order chi connectivity index (χ0) is 14.4. The first kappa shape index (κ1) is 14.2. The predicted molar refractivity (Wildman–Crippen MR) is 77.6 cm³/mol. The van der Waals surface area contributed by atoms with Crippen molar-refractivity contribution in [3.8, 4) is 0 Å². The van der Waals surface area contributed by atoms with Gasteiger partial charge in [-0.25, -0.2) is 4.98 Å². The van der Waals surface area contributed by atoms with Crippen LogP contribution in [0.2, 0.25) is 0 Å². The molecule has 0 aliphatic heterocycles. The molecule has 1 heterocycles. The molecule has 5 heteroatoms. The quantitative estimate of drug-likeness (QED) is 0.793. The molecule has 20 heavy (non-hydrogen) atoms. The summed E-state index contributed by atoms with van der Waals surface area (Å²) in [6, 6.07) is 10.2. The first-order valence-electron chi connectivity index (χ1n) is 6.91. The van der Waals surface area contributed by atoms with Gasteiger partial charge in [0.05, 0.1) is 0 Å². The van der Waals surface area contributed by atoms with E-state index >= 15 is 0 Å². The number of aromatic amines is 1. The van der Waals surface area contributed by atoms with Gasteiger partial charge < -0.3 is 5.32 Å². The third kappa shape index (κ3) is 3.91. The second-order valence-corrected chi connectivity index (χ2v) is 5.04. The molecule has 0 saturated carbocycles. The first-order chi connectivity index (χ1) is 9.66. The molecule has 0 aliphatic carbocycles. The Morgan fingerprint density at radius 3 is 2.70 bits per heavy atom. The molecule has 1 aromatic carbocycles. The van der Waals surface area contributed by atoms with Gasteiger partial charge in [0.15, 0.2) is 0 Å². The van der Waals surface area contributed by atoms with E-state index in [1.54, 1.807) is 0 Å². The molecule has 0 bridgehead atoms. The van der Waals surface area contributed by atoms with Gasteiger partial charge in [-0.2, -0.15) is 0 Å². The average Bonchev–Trinajstić information content (AvgIpc) is 2.94. The number of aryl methyl sites for hydroxylation is 1. The largest absolute Gasteiger partial charge is 0.349 e. The van der Waals surface area contributed by atoms with E-state index in [2.05, 4.69) is 32.6 Å². The van der Waals surface area contributed by atoms with E-state index in [0.717, 1.165) is 18.7 Å². The zero-order valence-electron chi connectivity index (χ0n) is 11.9. The lowest BCUT2D eigenvalue weighted by Crippen LogP contribution is -2.25. The maximum Gasteiger partial charge on any atom is 0.290 e. The van der Waals surface area contributed by atoms with E-state index < -0.39 is 0 Å². The lowest BCUT2D eigenvalue weighted by atomic mass is 10.1. The highest BCUT2D eigenvalue weighted by Gasteiger charge is 2.13. The van der Waals surface area contributed by atoms with Gasteiger partial charge in [-0.3, -0.25) is 9.89 Å². The summed E-state index contributed by atoms with van der Waals surface area (Å²) in [4.78, 5) is 16.0. The zero-order valence-corrected chi connectivity index (χ0v) is 11.9.